The van der Waals surface area contributed by atoms with Gasteiger partial charge in [0, 0.05) is 0 Å². The van der Waals surface area contributed by atoms with Crippen LogP contribution in [-0.2, 0) is 26.8 Å². The topological polar surface area (TPSA) is 180 Å². The second-order valence-electron chi connectivity index (χ2n) is 3.25. The zero-order chi connectivity index (χ0) is 15.5. The summed E-state index contributed by atoms with van der Waals surface area (Å²) in [5, 5.41) is 9.17. The van der Waals surface area contributed by atoms with Crippen LogP contribution < -0.4 is 0 Å². The summed E-state index contributed by atoms with van der Waals surface area (Å²) in [6.07, 6.45) is -1.34. The zero-order valence-corrected chi connectivity index (χ0v) is 12.2. The van der Waals surface area contributed by atoms with Crippen LogP contribution in [0.5, 0.6) is 0 Å². The van der Waals surface area contributed by atoms with E-state index in [2.05, 4.69) is 19.7 Å². The van der Waals surface area contributed by atoms with E-state index in [-0.39, 0.29) is 5.57 Å². The number of rotatable bonds is 8. The van der Waals surface area contributed by atoms with E-state index in [4.69, 9.17) is 19.6 Å². The lowest BCUT2D eigenvalue weighted by atomic mass is 10.2. The molecule has 19 heavy (non-hydrogen) atoms. The van der Waals surface area contributed by atoms with E-state index in [1.165, 1.54) is 6.92 Å². The van der Waals surface area contributed by atoms with E-state index in [0.717, 1.165) is 0 Å². The first-order valence-electron chi connectivity index (χ1n) is 4.36. The SMILES string of the molecule is C=C(C)C(O)COP(=O)(O)OP(=O)(O)OP(=O)(O)O. The first-order valence-corrected chi connectivity index (χ1v) is 8.88. The van der Waals surface area contributed by atoms with Crippen molar-refractivity contribution in [3.63, 3.8) is 0 Å². The lowest BCUT2D eigenvalue weighted by Crippen LogP contribution is -2.15. The average molecular weight is 342 g/mol. The molecule has 114 valence electrons. The maximum atomic E-state index is 11.1. The third-order valence-corrected chi connectivity index (χ3v) is 5.18. The first-order chi connectivity index (χ1) is 8.24. The molecule has 14 heteroatoms. The van der Waals surface area contributed by atoms with Crippen molar-refractivity contribution in [2.24, 2.45) is 0 Å². The van der Waals surface area contributed by atoms with E-state index in [0.29, 0.717) is 0 Å². The van der Waals surface area contributed by atoms with Gasteiger partial charge < -0.3 is 24.7 Å². The lowest BCUT2D eigenvalue weighted by Gasteiger charge is -2.17. The Morgan fingerprint density at radius 1 is 1.11 bits per heavy atom. The van der Waals surface area contributed by atoms with E-state index in [9.17, 15) is 18.8 Å². The molecule has 0 spiro atoms. The molecule has 3 atom stereocenters. The molecule has 0 aromatic carbocycles. The Balaban J connectivity index is 4.60. The predicted octanol–water partition coefficient (Wildman–Crippen LogP) is 0.267. The number of phosphoric acid groups is 3. The fraction of sp³-hybridized carbons (Fsp3) is 0.600. The molecule has 0 aliphatic carbocycles. The summed E-state index contributed by atoms with van der Waals surface area (Å²) in [4.78, 5) is 34.3. The highest BCUT2D eigenvalue weighted by molar-refractivity contribution is 7.66. The van der Waals surface area contributed by atoms with Crippen LogP contribution in [-0.4, -0.2) is 37.4 Å². The van der Waals surface area contributed by atoms with Crippen molar-refractivity contribution in [3.8, 4) is 0 Å². The Bertz CT molecular complexity index is 465. The minimum Gasteiger partial charge on any atom is -0.386 e. The molecule has 0 bridgehead atoms. The van der Waals surface area contributed by atoms with Crippen LogP contribution in [0.15, 0.2) is 12.2 Å². The highest BCUT2D eigenvalue weighted by Crippen LogP contribution is 2.66. The van der Waals surface area contributed by atoms with Crippen LogP contribution in [0, 0.1) is 0 Å². The maximum Gasteiger partial charge on any atom is 0.490 e. The van der Waals surface area contributed by atoms with Gasteiger partial charge in [-0.25, -0.2) is 13.7 Å². The Hall–Kier alpha value is 0.110. The minimum atomic E-state index is -5.52. The molecule has 0 aromatic heterocycles. The molecular formula is C5H13O11P3. The van der Waals surface area contributed by atoms with Gasteiger partial charge in [0.25, 0.3) is 0 Å². The normalized spacial score (nSPS) is 20.3. The average Bonchev–Trinajstić information content (AvgIpc) is 2.07. The molecule has 5 N–H and O–H groups in total. The molecule has 0 heterocycles. The highest BCUT2D eigenvalue weighted by atomic mass is 31.3. The fourth-order valence-electron chi connectivity index (χ4n) is 0.610. The van der Waals surface area contributed by atoms with Gasteiger partial charge >= 0.3 is 23.5 Å². The number of aliphatic hydroxyl groups excluding tert-OH is 1. The molecule has 0 fully saturated rings. The molecular weight excluding hydrogens is 329 g/mol. The van der Waals surface area contributed by atoms with Crippen molar-refractivity contribution in [2.75, 3.05) is 6.61 Å². The van der Waals surface area contributed by atoms with Crippen molar-refractivity contribution >= 4 is 23.5 Å². The Kier molecular flexibility index (Phi) is 6.75. The van der Waals surface area contributed by atoms with Gasteiger partial charge in [-0.15, -0.1) is 0 Å². The molecule has 0 amide bonds. The lowest BCUT2D eigenvalue weighted by molar-refractivity contribution is 0.104. The first kappa shape index (κ1) is 19.1. The Morgan fingerprint density at radius 3 is 1.95 bits per heavy atom. The fourth-order valence-corrected chi connectivity index (χ4v) is 3.63. The van der Waals surface area contributed by atoms with Crippen molar-refractivity contribution in [2.45, 2.75) is 13.0 Å². The van der Waals surface area contributed by atoms with Gasteiger partial charge in [0.1, 0.15) is 0 Å². The molecule has 0 aliphatic rings. The molecule has 0 saturated carbocycles. The van der Waals surface area contributed by atoms with E-state index in [1.807, 2.05) is 0 Å². The van der Waals surface area contributed by atoms with Crippen LogP contribution in [0.2, 0.25) is 0 Å². The molecule has 0 radical (unpaired) electrons. The summed E-state index contributed by atoms with van der Waals surface area (Å²) in [6.45, 7) is 3.89. The summed E-state index contributed by atoms with van der Waals surface area (Å²) >= 11 is 0. The summed E-state index contributed by atoms with van der Waals surface area (Å²) in [5.74, 6) is 0. The minimum absolute atomic E-state index is 0.179. The van der Waals surface area contributed by atoms with Crippen LogP contribution in [0.3, 0.4) is 0 Å². The van der Waals surface area contributed by atoms with Crippen molar-refractivity contribution in [1.29, 1.82) is 0 Å². The van der Waals surface area contributed by atoms with Gasteiger partial charge in [-0.2, -0.15) is 8.62 Å². The van der Waals surface area contributed by atoms with Crippen LogP contribution >= 0.6 is 23.5 Å². The summed E-state index contributed by atoms with van der Waals surface area (Å²) in [6, 6.07) is 0. The van der Waals surface area contributed by atoms with E-state index >= 15 is 0 Å². The number of hydrogen-bond donors (Lipinski definition) is 5. The van der Waals surface area contributed by atoms with Crippen LogP contribution in [0.4, 0.5) is 0 Å². The summed E-state index contributed by atoms with van der Waals surface area (Å²) in [7, 11) is -16.1. The molecule has 0 saturated heterocycles. The number of hydrogen-bond acceptors (Lipinski definition) is 7. The second kappa shape index (κ2) is 6.71. The summed E-state index contributed by atoms with van der Waals surface area (Å²) < 4.78 is 43.4. The Morgan fingerprint density at radius 2 is 1.58 bits per heavy atom. The van der Waals surface area contributed by atoms with Crippen molar-refractivity contribution in [1.82, 2.24) is 0 Å². The molecule has 0 rings (SSSR count). The van der Waals surface area contributed by atoms with E-state index in [1.54, 1.807) is 0 Å². The van der Waals surface area contributed by atoms with Crippen LogP contribution in [0.1, 0.15) is 6.92 Å². The smallest absolute Gasteiger partial charge is 0.386 e. The quantitative estimate of drug-likeness (QED) is 0.301. The van der Waals surface area contributed by atoms with Gasteiger partial charge in [0.05, 0.1) is 12.7 Å². The van der Waals surface area contributed by atoms with Gasteiger partial charge in [0.2, 0.25) is 0 Å². The third kappa shape index (κ3) is 9.61. The van der Waals surface area contributed by atoms with E-state index < -0.39 is 36.2 Å². The van der Waals surface area contributed by atoms with Crippen LogP contribution in [0.25, 0.3) is 0 Å². The highest BCUT2D eigenvalue weighted by Gasteiger charge is 2.40. The maximum absolute atomic E-state index is 11.1. The largest absolute Gasteiger partial charge is 0.490 e. The van der Waals surface area contributed by atoms with Crippen molar-refractivity contribution < 1.29 is 51.5 Å². The van der Waals surface area contributed by atoms with Gasteiger partial charge in [0.15, 0.2) is 0 Å². The van der Waals surface area contributed by atoms with Gasteiger partial charge in [-0.3, -0.25) is 4.52 Å². The monoisotopic (exact) mass is 342 g/mol. The molecule has 0 aromatic rings. The second-order valence-corrected chi connectivity index (χ2v) is 7.67. The molecule has 11 nitrogen and oxygen atoms in total. The zero-order valence-electron chi connectivity index (χ0n) is 9.52. The number of aliphatic hydroxyl groups is 1. The standard InChI is InChI=1S/C5H13O11P3/c1-4(2)5(6)3-14-18(10,11)16-19(12,13)15-17(7,8)9/h5-6H,1,3H2,2H3,(H,10,11)(H,12,13)(H2,7,8,9). The summed E-state index contributed by atoms with van der Waals surface area (Å²) in [5.41, 5.74) is 0.179. The predicted molar refractivity (Wildman–Crippen MR) is 60.6 cm³/mol. The Labute approximate surface area is 107 Å². The van der Waals surface area contributed by atoms with Gasteiger partial charge in [-0.1, -0.05) is 6.58 Å². The van der Waals surface area contributed by atoms with Gasteiger partial charge in [-0.05, 0) is 12.5 Å². The van der Waals surface area contributed by atoms with Crippen molar-refractivity contribution in [3.05, 3.63) is 12.2 Å². The molecule has 0 aliphatic heterocycles. The molecule has 3 unspecified atom stereocenters. The third-order valence-electron chi connectivity index (χ3n) is 1.38. The number of phosphoric ester groups is 1.